The Morgan fingerprint density at radius 3 is 3.18 bits per heavy atom. The molecule has 94 valence electrons. The first kappa shape index (κ1) is 12.1. The minimum atomic E-state index is 0.0820. The van der Waals surface area contributed by atoms with Gasteiger partial charge in [0.15, 0.2) is 0 Å². The van der Waals surface area contributed by atoms with E-state index in [9.17, 15) is 4.79 Å². The number of hydrogen-bond acceptors (Lipinski definition) is 3. The van der Waals surface area contributed by atoms with Gasteiger partial charge in [-0.05, 0) is 31.9 Å². The Balaban J connectivity index is 1.84. The first-order chi connectivity index (χ1) is 8.15. The maximum Gasteiger partial charge on any atom is 0.224 e. The van der Waals surface area contributed by atoms with E-state index in [4.69, 9.17) is 0 Å². The minimum absolute atomic E-state index is 0.0820. The molecule has 17 heavy (non-hydrogen) atoms. The van der Waals surface area contributed by atoms with Crippen LogP contribution in [0.5, 0.6) is 0 Å². The summed E-state index contributed by atoms with van der Waals surface area (Å²) in [7, 11) is 1.86. The van der Waals surface area contributed by atoms with Gasteiger partial charge >= 0.3 is 0 Å². The largest absolute Gasteiger partial charge is 0.352 e. The number of carbonyl (C=O) groups is 1. The number of hydrogen-bond donors (Lipinski definition) is 2. The molecule has 1 amide bonds. The Bertz CT molecular complexity index is 388. The van der Waals surface area contributed by atoms with Crippen LogP contribution in [0.3, 0.4) is 0 Å². The highest BCUT2D eigenvalue weighted by molar-refractivity contribution is 5.78. The molecule has 1 aliphatic rings. The van der Waals surface area contributed by atoms with Gasteiger partial charge in [0.25, 0.3) is 0 Å². The first-order valence-electron chi connectivity index (χ1n) is 6.15. The van der Waals surface area contributed by atoms with Crippen LogP contribution in [0.25, 0.3) is 0 Å². The van der Waals surface area contributed by atoms with Gasteiger partial charge in [0.1, 0.15) is 0 Å². The molecule has 2 atom stereocenters. The normalized spacial score (nSPS) is 24.6. The summed E-state index contributed by atoms with van der Waals surface area (Å²) in [6.45, 7) is 3.17. The van der Waals surface area contributed by atoms with Crippen LogP contribution < -0.4 is 10.6 Å². The molecule has 5 nitrogen and oxygen atoms in total. The summed E-state index contributed by atoms with van der Waals surface area (Å²) in [6.07, 6.45) is 6.22. The highest BCUT2D eigenvalue weighted by Crippen LogP contribution is 2.08. The summed E-state index contributed by atoms with van der Waals surface area (Å²) in [5.41, 5.74) is 0.960. The summed E-state index contributed by atoms with van der Waals surface area (Å²) in [5.74, 6) is 0.0820. The van der Waals surface area contributed by atoms with Gasteiger partial charge in [0.05, 0.1) is 12.6 Å². The smallest absolute Gasteiger partial charge is 0.224 e. The van der Waals surface area contributed by atoms with Crippen molar-refractivity contribution in [2.24, 2.45) is 7.05 Å². The van der Waals surface area contributed by atoms with Gasteiger partial charge in [-0.25, -0.2) is 0 Å². The Hall–Kier alpha value is -1.36. The molecule has 2 unspecified atom stereocenters. The second-order valence-electron chi connectivity index (χ2n) is 4.76. The summed E-state index contributed by atoms with van der Waals surface area (Å²) >= 11 is 0. The second-order valence-corrected chi connectivity index (χ2v) is 4.76. The second kappa shape index (κ2) is 5.31. The number of aryl methyl sites for hydroxylation is 1. The van der Waals surface area contributed by atoms with E-state index in [1.807, 2.05) is 13.2 Å². The predicted molar refractivity (Wildman–Crippen MR) is 65.5 cm³/mol. The Kier molecular flexibility index (Phi) is 3.78. The zero-order chi connectivity index (χ0) is 12.3. The molecule has 2 heterocycles. The topological polar surface area (TPSA) is 58.9 Å². The molecule has 1 aromatic rings. The van der Waals surface area contributed by atoms with Crippen molar-refractivity contribution in [2.75, 3.05) is 6.54 Å². The molecule has 5 heteroatoms. The maximum absolute atomic E-state index is 11.9. The van der Waals surface area contributed by atoms with Gasteiger partial charge in [0.2, 0.25) is 5.91 Å². The van der Waals surface area contributed by atoms with E-state index < -0.39 is 0 Å². The van der Waals surface area contributed by atoms with E-state index in [2.05, 4.69) is 22.7 Å². The number of rotatable bonds is 3. The van der Waals surface area contributed by atoms with Crippen molar-refractivity contribution in [1.29, 1.82) is 0 Å². The van der Waals surface area contributed by atoms with Gasteiger partial charge in [-0.3, -0.25) is 9.48 Å². The Morgan fingerprint density at radius 2 is 2.53 bits per heavy atom. The molecule has 1 saturated heterocycles. The van der Waals surface area contributed by atoms with E-state index in [-0.39, 0.29) is 11.9 Å². The average Bonchev–Trinajstić information content (AvgIpc) is 2.67. The zero-order valence-electron chi connectivity index (χ0n) is 10.4. The van der Waals surface area contributed by atoms with Gasteiger partial charge in [-0.1, -0.05) is 0 Å². The van der Waals surface area contributed by atoms with Crippen LogP contribution >= 0.6 is 0 Å². The van der Waals surface area contributed by atoms with Crippen molar-refractivity contribution >= 4 is 5.91 Å². The van der Waals surface area contributed by atoms with E-state index in [1.54, 1.807) is 10.9 Å². The molecular formula is C12H20N4O. The lowest BCUT2D eigenvalue weighted by atomic mass is 9.99. The predicted octanol–water partition coefficient (Wildman–Crippen LogP) is 0.219. The van der Waals surface area contributed by atoms with E-state index >= 15 is 0 Å². The fourth-order valence-corrected chi connectivity index (χ4v) is 2.25. The maximum atomic E-state index is 11.9. The molecule has 2 rings (SSSR count). The van der Waals surface area contributed by atoms with Crippen molar-refractivity contribution in [1.82, 2.24) is 20.4 Å². The van der Waals surface area contributed by atoms with Gasteiger partial charge < -0.3 is 10.6 Å². The lowest BCUT2D eigenvalue weighted by Gasteiger charge is -2.30. The van der Waals surface area contributed by atoms with Gasteiger partial charge in [-0.15, -0.1) is 0 Å². The quantitative estimate of drug-likeness (QED) is 0.789. The minimum Gasteiger partial charge on any atom is -0.352 e. The van der Waals surface area contributed by atoms with E-state index in [1.165, 1.54) is 0 Å². The average molecular weight is 236 g/mol. The number of piperidine rings is 1. The summed E-state index contributed by atoms with van der Waals surface area (Å²) in [4.78, 5) is 11.9. The molecule has 2 N–H and O–H groups in total. The van der Waals surface area contributed by atoms with Gasteiger partial charge in [-0.2, -0.15) is 5.10 Å². The number of amides is 1. The molecule has 0 spiro atoms. The summed E-state index contributed by atoms with van der Waals surface area (Å²) in [6, 6.07) is 0.620. The summed E-state index contributed by atoms with van der Waals surface area (Å²) in [5, 5.41) is 10.5. The van der Waals surface area contributed by atoms with Crippen LogP contribution in [-0.2, 0) is 18.3 Å². The Morgan fingerprint density at radius 1 is 1.71 bits per heavy atom. The SMILES string of the molecule is CC1NCCCC1NC(=O)Cc1cnn(C)c1. The van der Waals surface area contributed by atoms with Crippen molar-refractivity contribution < 1.29 is 4.79 Å². The molecular weight excluding hydrogens is 216 g/mol. The van der Waals surface area contributed by atoms with Crippen LogP contribution in [0.15, 0.2) is 12.4 Å². The van der Waals surface area contributed by atoms with E-state index in [0.29, 0.717) is 12.5 Å². The van der Waals surface area contributed by atoms with Crippen molar-refractivity contribution in [2.45, 2.75) is 38.3 Å². The highest BCUT2D eigenvalue weighted by Gasteiger charge is 2.22. The third kappa shape index (κ3) is 3.30. The van der Waals surface area contributed by atoms with Crippen molar-refractivity contribution in [3.63, 3.8) is 0 Å². The standard InChI is InChI=1S/C12H20N4O/c1-9-11(4-3-5-13-9)15-12(17)6-10-7-14-16(2)8-10/h7-9,11,13H,3-6H2,1-2H3,(H,15,17). The van der Waals surface area contributed by atoms with Gasteiger partial charge in [0, 0.05) is 25.3 Å². The molecule has 1 aliphatic heterocycles. The fourth-order valence-electron chi connectivity index (χ4n) is 2.25. The summed E-state index contributed by atoms with van der Waals surface area (Å²) < 4.78 is 1.72. The van der Waals surface area contributed by atoms with Crippen molar-refractivity contribution in [3.05, 3.63) is 18.0 Å². The third-order valence-electron chi connectivity index (χ3n) is 3.23. The molecule has 0 aromatic carbocycles. The van der Waals surface area contributed by atoms with Crippen LogP contribution in [0.4, 0.5) is 0 Å². The third-order valence-corrected chi connectivity index (χ3v) is 3.23. The molecule has 1 aromatic heterocycles. The number of aromatic nitrogens is 2. The number of nitrogens with zero attached hydrogens (tertiary/aromatic N) is 2. The molecule has 1 fully saturated rings. The highest BCUT2D eigenvalue weighted by atomic mass is 16.1. The zero-order valence-corrected chi connectivity index (χ0v) is 10.4. The number of nitrogens with one attached hydrogen (secondary N) is 2. The number of carbonyl (C=O) groups excluding carboxylic acids is 1. The van der Waals surface area contributed by atoms with E-state index in [0.717, 1.165) is 24.9 Å². The monoisotopic (exact) mass is 236 g/mol. The van der Waals surface area contributed by atoms with Crippen LogP contribution in [0.1, 0.15) is 25.3 Å². The lowest BCUT2D eigenvalue weighted by Crippen LogP contribution is -2.52. The molecule has 0 radical (unpaired) electrons. The molecule has 0 bridgehead atoms. The van der Waals surface area contributed by atoms with Crippen LogP contribution in [0, 0.1) is 0 Å². The molecule has 0 saturated carbocycles. The molecule has 0 aliphatic carbocycles. The van der Waals surface area contributed by atoms with Crippen molar-refractivity contribution in [3.8, 4) is 0 Å². The van der Waals surface area contributed by atoms with Crippen LogP contribution in [-0.4, -0.2) is 34.3 Å². The lowest BCUT2D eigenvalue weighted by molar-refractivity contribution is -0.121. The van der Waals surface area contributed by atoms with Crippen LogP contribution in [0.2, 0.25) is 0 Å². The first-order valence-corrected chi connectivity index (χ1v) is 6.15. The fraction of sp³-hybridized carbons (Fsp3) is 0.667. The Labute approximate surface area is 102 Å².